The number of halogens is 4. The molecule has 1 aromatic heterocycles. The zero-order valence-electron chi connectivity index (χ0n) is 22.2. The van der Waals surface area contributed by atoms with Gasteiger partial charge in [0.2, 0.25) is 0 Å². The van der Waals surface area contributed by atoms with Gasteiger partial charge in [-0.3, -0.25) is 19.0 Å². The Kier molecular flexibility index (Phi) is 8.81. The highest BCUT2D eigenvalue weighted by atomic mass is 19.1. The lowest BCUT2D eigenvalue weighted by Crippen LogP contribution is -2.47. The molecule has 3 aromatic rings. The van der Waals surface area contributed by atoms with E-state index in [9.17, 15) is 23.2 Å². The molecule has 0 spiro atoms. The van der Waals surface area contributed by atoms with E-state index in [-0.39, 0.29) is 31.3 Å². The normalized spacial score (nSPS) is 15.0. The molecule has 0 saturated heterocycles. The van der Waals surface area contributed by atoms with Gasteiger partial charge in [-0.2, -0.15) is 0 Å². The molecule has 2 aromatic carbocycles. The maximum atomic E-state index is 15.1. The van der Waals surface area contributed by atoms with Gasteiger partial charge in [0.25, 0.3) is 5.56 Å². The summed E-state index contributed by atoms with van der Waals surface area (Å²) in [5.41, 5.74) is 7.99. The summed E-state index contributed by atoms with van der Waals surface area (Å²) in [7, 11) is 0. The van der Waals surface area contributed by atoms with Gasteiger partial charge in [-0.25, -0.2) is 17.6 Å². The van der Waals surface area contributed by atoms with Crippen LogP contribution >= 0.6 is 0 Å². The molecule has 4 N–H and O–H groups in total. The van der Waals surface area contributed by atoms with Gasteiger partial charge in [0, 0.05) is 24.3 Å². The molecule has 0 radical (unpaired) electrons. The summed E-state index contributed by atoms with van der Waals surface area (Å²) >= 11 is 0. The molecular weight excluding hydrogens is 546 g/mol. The second-order valence-corrected chi connectivity index (χ2v) is 10.2. The summed E-state index contributed by atoms with van der Waals surface area (Å²) < 4.78 is 69.0. The van der Waals surface area contributed by atoms with Gasteiger partial charge < -0.3 is 20.9 Å². The Morgan fingerprint density at radius 3 is 2.24 bits per heavy atom. The monoisotopic (exact) mass is 575 g/mol. The molecule has 12 heteroatoms. The van der Waals surface area contributed by atoms with Crippen LogP contribution in [0.25, 0.3) is 5.69 Å². The highest BCUT2D eigenvalue weighted by Gasteiger charge is 2.32. The Bertz CT molecular complexity index is 1510. The van der Waals surface area contributed by atoms with Gasteiger partial charge in [-0.05, 0) is 63.6 Å². The first-order valence-electron chi connectivity index (χ1n) is 13.0. The van der Waals surface area contributed by atoms with Crippen molar-refractivity contribution in [2.24, 2.45) is 5.73 Å². The SMILES string of the molecule is C[C@](N)(CCCOc1cc(F)c(-n2c(N)c(C(=O)c3ccc(F)cc3F)ccc2=O)c(F)c1)C(=O)OC1CCCC1. The van der Waals surface area contributed by atoms with Gasteiger partial charge >= 0.3 is 5.97 Å². The lowest BCUT2D eigenvalue weighted by Gasteiger charge is -2.24. The number of ketones is 1. The summed E-state index contributed by atoms with van der Waals surface area (Å²) in [6, 6.07) is 5.73. The molecule has 1 aliphatic carbocycles. The van der Waals surface area contributed by atoms with Crippen LogP contribution in [-0.4, -0.2) is 34.6 Å². The molecule has 0 bridgehead atoms. The number of hydrogen-bond donors (Lipinski definition) is 2. The minimum Gasteiger partial charge on any atom is -0.493 e. The van der Waals surface area contributed by atoms with Crippen LogP contribution in [0.5, 0.6) is 5.75 Å². The zero-order chi connectivity index (χ0) is 29.9. The van der Waals surface area contributed by atoms with Crippen molar-refractivity contribution in [3.63, 3.8) is 0 Å². The third kappa shape index (κ3) is 6.59. The Balaban J connectivity index is 1.48. The first kappa shape index (κ1) is 29.8. The van der Waals surface area contributed by atoms with Gasteiger partial charge in [-0.1, -0.05) is 0 Å². The van der Waals surface area contributed by atoms with Crippen molar-refractivity contribution in [2.45, 2.75) is 57.1 Å². The largest absolute Gasteiger partial charge is 0.493 e. The van der Waals surface area contributed by atoms with Crippen molar-refractivity contribution in [2.75, 3.05) is 12.3 Å². The minimum absolute atomic E-state index is 0.0307. The number of aromatic nitrogens is 1. The van der Waals surface area contributed by atoms with Crippen LogP contribution in [0.15, 0.2) is 47.3 Å². The number of nitrogens with zero attached hydrogens (tertiary/aromatic N) is 1. The highest BCUT2D eigenvalue weighted by Crippen LogP contribution is 2.28. The summed E-state index contributed by atoms with van der Waals surface area (Å²) in [5, 5.41) is 0. The molecule has 0 amide bonds. The lowest BCUT2D eigenvalue weighted by atomic mass is 9.97. The molecule has 1 heterocycles. The van der Waals surface area contributed by atoms with Crippen molar-refractivity contribution in [3.8, 4) is 11.4 Å². The summed E-state index contributed by atoms with van der Waals surface area (Å²) in [6.07, 6.45) is 3.96. The Morgan fingerprint density at radius 1 is 0.976 bits per heavy atom. The fourth-order valence-electron chi connectivity index (χ4n) is 4.66. The quantitative estimate of drug-likeness (QED) is 0.157. The first-order chi connectivity index (χ1) is 19.4. The number of rotatable bonds is 10. The Hall–Kier alpha value is -4.19. The molecule has 4 rings (SSSR count). The second kappa shape index (κ2) is 12.1. The first-order valence-corrected chi connectivity index (χ1v) is 13.0. The number of pyridine rings is 1. The molecule has 0 unspecified atom stereocenters. The van der Waals surface area contributed by atoms with E-state index in [1.165, 1.54) is 0 Å². The lowest BCUT2D eigenvalue weighted by molar-refractivity contribution is -0.155. The zero-order valence-corrected chi connectivity index (χ0v) is 22.2. The van der Waals surface area contributed by atoms with Crippen LogP contribution in [0.1, 0.15) is 61.4 Å². The Morgan fingerprint density at radius 2 is 1.61 bits per heavy atom. The fraction of sp³-hybridized carbons (Fsp3) is 0.345. The second-order valence-electron chi connectivity index (χ2n) is 10.2. The molecule has 1 saturated carbocycles. The molecule has 218 valence electrons. The van der Waals surface area contributed by atoms with Crippen LogP contribution in [0, 0.1) is 23.3 Å². The van der Waals surface area contributed by atoms with E-state index in [1.807, 2.05) is 0 Å². The number of nitrogens with two attached hydrogens (primary N) is 2. The average molecular weight is 576 g/mol. The van der Waals surface area contributed by atoms with E-state index in [2.05, 4.69) is 0 Å². The molecule has 8 nitrogen and oxygen atoms in total. The van der Waals surface area contributed by atoms with E-state index < -0.39 is 68.8 Å². The smallest absolute Gasteiger partial charge is 0.326 e. The van der Waals surface area contributed by atoms with E-state index in [1.54, 1.807) is 6.92 Å². The number of benzene rings is 2. The van der Waals surface area contributed by atoms with E-state index in [0.717, 1.165) is 62.1 Å². The van der Waals surface area contributed by atoms with Crippen molar-refractivity contribution in [1.29, 1.82) is 0 Å². The van der Waals surface area contributed by atoms with Gasteiger partial charge in [0.15, 0.2) is 17.4 Å². The van der Waals surface area contributed by atoms with E-state index in [0.29, 0.717) is 10.6 Å². The predicted molar refractivity (Wildman–Crippen MR) is 142 cm³/mol. The number of carbonyl (C=O) groups excluding carboxylic acids is 2. The molecule has 41 heavy (non-hydrogen) atoms. The van der Waals surface area contributed by atoms with Gasteiger partial charge in [0.1, 0.15) is 40.5 Å². The van der Waals surface area contributed by atoms with Crippen molar-refractivity contribution >= 4 is 17.6 Å². The minimum atomic E-state index is -1.26. The summed E-state index contributed by atoms with van der Waals surface area (Å²) in [5.74, 6) is -6.93. The summed E-state index contributed by atoms with van der Waals surface area (Å²) in [6.45, 7) is 1.51. The van der Waals surface area contributed by atoms with Crippen LogP contribution in [-0.2, 0) is 9.53 Å². The van der Waals surface area contributed by atoms with Crippen LogP contribution in [0.3, 0.4) is 0 Å². The molecule has 1 fully saturated rings. The van der Waals surface area contributed by atoms with Crippen LogP contribution < -0.4 is 21.8 Å². The number of anilines is 1. The number of ether oxygens (including phenoxy) is 2. The number of hydrogen-bond acceptors (Lipinski definition) is 7. The third-order valence-corrected chi connectivity index (χ3v) is 6.92. The highest BCUT2D eigenvalue weighted by molar-refractivity contribution is 6.11. The molecular formula is C29H29F4N3O5. The van der Waals surface area contributed by atoms with Gasteiger partial charge in [-0.15, -0.1) is 0 Å². The van der Waals surface area contributed by atoms with Gasteiger partial charge in [0.05, 0.1) is 17.7 Å². The van der Waals surface area contributed by atoms with Crippen molar-refractivity contribution in [3.05, 3.63) is 87.2 Å². The maximum absolute atomic E-state index is 15.1. The molecule has 1 atom stereocenters. The maximum Gasteiger partial charge on any atom is 0.326 e. The number of carbonyl (C=O) groups is 2. The van der Waals surface area contributed by atoms with E-state index >= 15 is 8.78 Å². The Labute approximate surface area is 232 Å². The number of nitrogen functional groups attached to an aromatic ring is 1. The van der Waals surface area contributed by atoms with Crippen LogP contribution in [0.2, 0.25) is 0 Å². The fourth-order valence-corrected chi connectivity index (χ4v) is 4.66. The average Bonchev–Trinajstić information content (AvgIpc) is 3.41. The molecule has 0 aliphatic heterocycles. The van der Waals surface area contributed by atoms with E-state index in [4.69, 9.17) is 20.9 Å². The summed E-state index contributed by atoms with van der Waals surface area (Å²) in [4.78, 5) is 37.8. The van der Waals surface area contributed by atoms with Crippen molar-refractivity contribution in [1.82, 2.24) is 4.57 Å². The van der Waals surface area contributed by atoms with Crippen molar-refractivity contribution < 1.29 is 36.6 Å². The topological polar surface area (TPSA) is 127 Å². The predicted octanol–water partition coefficient (Wildman–Crippen LogP) is 4.57. The number of esters is 1. The standard InChI is InChI=1S/C29H29F4N3O5/c1-29(35,28(39)41-17-5-2-3-6-17)11-4-12-40-18-14-22(32)25(23(33)15-18)36-24(37)10-9-20(27(36)34)26(38)19-8-7-16(30)13-21(19)31/h7-10,13-15,17H,2-6,11-12,34-35H2,1H3/t29-/m0/s1. The molecule has 1 aliphatic rings. The third-order valence-electron chi connectivity index (χ3n) is 6.92. The van der Waals surface area contributed by atoms with Crippen LogP contribution in [0.4, 0.5) is 23.4 Å².